The maximum absolute atomic E-state index is 9.25. The highest BCUT2D eigenvalue weighted by Crippen LogP contribution is 2.46. The first-order chi connectivity index (χ1) is 12.7. The van der Waals surface area contributed by atoms with Crippen LogP contribution in [0.15, 0.2) is 28.1 Å². The molecule has 6 nitrogen and oxygen atoms in total. The molecule has 26 heavy (non-hydrogen) atoms. The van der Waals surface area contributed by atoms with Gasteiger partial charge in [0, 0.05) is 18.5 Å². The first-order valence-electron chi connectivity index (χ1n) is 8.80. The molecule has 0 saturated carbocycles. The molecule has 1 aromatic heterocycles. The van der Waals surface area contributed by atoms with Gasteiger partial charge in [-0.25, -0.2) is 4.98 Å². The number of hydrogen-bond donors (Lipinski definition) is 2. The molecule has 3 heterocycles. The largest absolute Gasteiger partial charge is 0.491 e. The zero-order valence-corrected chi connectivity index (χ0v) is 15.3. The number of likely N-dealkylation sites (tertiary alicyclic amines) is 1. The minimum Gasteiger partial charge on any atom is -0.491 e. The summed E-state index contributed by atoms with van der Waals surface area (Å²) in [5.41, 5.74) is 14.8. The summed E-state index contributed by atoms with van der Waals surface area (Å²) in [5.74, 6) is 1.06. The van der Waals surface area contributed by atoms with E-state index in [1.165, 1.54) is 37.7 Å². The van der Waals surface area contributed by atoms with Crippen LogP contribution >= 0.6 is 11.8 Å². The number of nitrogen functional groups attached to an aromatic ring is 2. The molecule has 4 rings (SSSR count). The number of ether oxygens (including phenoxy) is 1. The third-order valence-electron chi connectivity index (χ3n) is 4.93. The Labute approximate surface area is 157 Å². The number of fused-ring (bicyclic) bond motifs is 2. The molecule has 2 aliphatic rings. The van der Waals surface area contributed by atoms with E-state index in [-0.39, 0.29) is 11.4 Å². The number of benzene rings is 1. The summed E-state index contributed by atoms with van der Waals surface area (Å²) >= 11 is 1.52. The number of aromatic nitrogens is 1. The van der Waals surface area contributed by atoms with E-state index in [2.05, 4.69) is 22.0 Å². The molecule has 134 valence electrons. The highest BCUT2D eigenvalue weighted by atomic mass is 32.2. The molecule has 0 unspecified atom stereocenters. The molecule has 2 aliphatic heterocycles. The molecule has 0 atom stereocenters. The second-order valence-electron chi connectivity index (χ2n) is 6.60. The van der Waals surface area contributed by atoms with Crippen molar-refractivity contribution in [2.75, 3.05) is 37.7 Å². The minimum absolute atomic E-state index is 0.187. The Hall–Kier alpha value is -2.43. The van der Waals surface area contributed by atoms with Gasteiger partial charge in [-0.1, -0.05) is 23.9 Å². The number of nitrogens with zero attached hydrogens (tertiary/aromatic N) is 3. The van der Waals surface area contributed by atoms with Gasteiger partial charge < -0.3 is 16.2 Å². The van der Waals surface area contributed by atoms with E-state index >= 15 is 0 Å². The van der Waals surface area contributed by atoms with Gasteiger partial charge >= 0.3 is 0 Å². The van der Waals surface area contributed by atoms with Crippen LogP contribution in [0.25, 0.3) is 0 Å². The SMILES string of the molecule is N#Cc1c(N)nc2c(c1N)Cc1cccc(OCCN3CCCC3)c1S2. The molecule has 0 spiro atoms. The molecule has 0 radical (unpaired) electrons. The van der Waals surface area contributed by atoms with Crippen molar-refractivity contribution in [1.29, 1.82) is 5.26 Å². The van der Waals surface area contributed by atoms with Crippen LogP contribution in [0.1, 0.15) is 29.5 Å². The zero-order chi connectivity index (χ0) is 18.1. The molecule has 0 aliphatic carbocycles. The first kappa shape index (κ1) is 17.0. The molecule has 4 N–H and O–H groups in total. The summed E-state index contributed by atoms with van der Waals surface area (Å²) in [6, 6.07) is 8.12. The van der Waals surface area contributed by atoms with E-state index in [9.17, 15) is 5.26 Å². The lowest BCUT2D eigenvalue weighted by Gasteiger charge is -2.23. The number of nitrogens with two attached hydrogens (primary N) is 2. The van der Waals surface area contributed by atoms with Gasteiger partial charge in [0.2, 0.25) is 0 Å². The van der Waals surface area contributed by atoms with Gasteiger partial charge in [-0.2, -0.15) is 5.26 Å². The lowest BCUT2D eigenvalue weighted by Crippen LogP contribution is -2.25. The number of anilines is 2. The van der Waals surface area contributed by atoms with Crippen molar-refractivity contribution in [3.8, 4) is 11.8 Å². The normalized spacial score (nSPS) is 16.0. The van der Waals surface area contributed by atoms with E-state index in [0.29, 0.717) is 18.7 Å². The molecule has 0 amide bonds. The van der Waals surface area contributed by atoms with Crippen LogP contribution in [0, 0.1) is 11.3 Å². The topological polar surface area (TPSA) is 101 Å². The second-order valence-corrected chi connectivity index (χ2v) is 7.60. The Kier molecular flexibility index (Phi) is 4.62. The van der Waals surface area contributed by atoms with Gasteiger partial charge in [0.1, 0.15) is 34.8 Å². The number of rotatable bonds is 4. The first-order valence-corrected chi connectivity index (χ1v) is 9.62. The maximum atomic E-state index is 9.25. The molecule has 1 fully saturated rings. The van der Waals surface area contributed by atoms with Crippen molar-refractivity contribution in [2.45, 2.75) is 29.2 Å². The Balaban J connectivity index is 1.57. The Morgan fingerprint density at radius 3 is 2.85 bits per heavy atom. The van der Waals surface area contributed by atoms with Crippen LogP contribution in [-0.4, -0.2) is 36.1 Å². The second kappa shape index (κ2) is 7.06. The molecular formula is C19H21N5OS. The van der Waals surface area contributed by atoms with Crippen molar-refractivity contribution in [2.24, 2.45) is 0 Å². The van der Waals surface area contributed by atoms with E-state index in [0.717, 1.165) is 33.3 Å². The van der Waals surface area contributed by atoms with Gasteiger partial charge in [-0.05, 0) is 37.6 Å². The van der Waals surface area contributed by atoms with Crippen molar-refractivity contribution in [1.82, 2.24) is 9.88 Å². The fourth-order valence-corrected chi connectivity index (χ4v) is 4.66. The van der Waals surface area contributed by atoms with Crippen molar-refractivity contribution >= 4 is 23.3 Å². The highest BCUT2D eigenvalue weighted by Gasteiger charge is 2.25. The molecule has 1 aromatic carbocycles. The van der Waals surface area contributed by atoms with E-state index in [1.54, 1.807) is 0 Å². The quantitative estimate of drug-likeness (QED) is 0.731. The lowest BCUT2D eigenvalue weighted by molar-refractivity contribution is 0.234. The fourth-order valence-electron chi connectivity index (χ4n) is 3.52. The van der Waals surface area contributed by atoms with Crippen LogP contribution in [-0.2, 0) is 6.42 Å². The summed E-state index contributed by atoms with van der Waals surface area (Å²) in [4.78, 5) is 7.90. The third kappa shape index (κ3) is 3.06. The monoisotopic (exact) mass is 367 g/mol. The predicted molar refractivity (Wildman–Crippen MR) is 102 cm³/mol. The average molecular weight is 367 g/mol. The Morgan fingerprint density at radius 1 is 1.27 bits per heavy atom. The Morgan fingerprint density at radius 2 is 2.08 bits per heavy atom. The number of nitriles is 1. The zero-order valence-electron chi connectivity index (χ0n) is 14.5. The van der Waals surface area contributed by atoms with Crippen molar-refractivity contribution < 1.29 is 4.74 Å². The van der Waals surface area contributed by atoms with Gasteiger partial charge in [0.15, 0.2) is 0 Å². The number of pyridine rings is 1. The third-order valence-corrected chi connectivity index (χ3v) is 6.13. The highest BCUT2D eigenvalue weighted by molar-refractivity contribution is 7.99. The molecule has 0 bridgehead atoms. The van der Waals surface area contributed by atoms with Gasteiger partial charge in [0.05, 0.1) is 10.6 Å². The maximum Gasteiger partial charge on any atom is 0.144 e. The fraction of sp³-hybridized carbons (Fsp3) is 0.368. The van der Waals surface area contributed by atoms with Crippen LogP contribution < -0.4 is 16.2 Å². The van der Waals surface area contributed by atoms with E-state index in [1.807, 2.05) is 12.1 Å². The minimum atomic E-state index is 0.187. The molecule has 2 aromatic rings. The van der Waals surface area contributed by atoms with E-state index in [4.69, 9.17) is 16.2 Å². The molecule has 7 heteroatoms. The molecule has 1 saturated heterocycles. The van der Waals surface area contributed by atoms with E-state index < -0.39 is 0 Å². The van der Waals surface area contributed by atoms with Gasteiger partial charge in [0.25, 0.3) is 0 Å². The van der Waals surface area contributed by atoms with Crippen molar-refractivity contribution in [3.63, 3.8) is 0 Å². The van der Waals surface area contributed by atoms with Crippen molar-refractivity contribution in [3.05, 3.63) is 34.9 Å². The predicted octanol–water partition coefficient (Wildman–Crippen LogP) is 2.65. The molecular weight excluding hydrogens is 346 g/mol. The lowest BCUT2D eigenvalue weighted by atomic mass is 10.0. The van der Waals surface area contributed by atoms with Gasteiger partial charge in [-0.15, -0.1) is 0 Å². The summed E-state index contributed by atoms with van der Waals surface area (Å²) in [6.45, 7) is 3.97. The summed E-state index contributed by atoms with van der Waals surface area (Å²) < 4.78 is 6.08. The van der Waals surface area contributed by atoms with Crippen LogP contribution in [0.2, 0.25) is 0 Å². The average Bonchev–Trinajstić information content (AvgIpc) is 3.15. The number of hydrogen-bond acceptors (Lipinski definition) is 7. The summed E-state index contributed by atoms with van der Waals surface area (Å²) in [7, 11) is 0. The summed E-state index contributed by atoms with van der Waals surface area (Å²) in [5, 5.41) is 10.0. The standard InChI is InChI=1S/C19H21N5OS/c20-11-14-16(21)13-10-12-4-3-5-15(17(12)26-19(13)23-18(14)22)25-9-8-24-6-1-2-7-24/h3-5H,1-2,6-10H2,(H4,21,22,23). The van der Waals surface area contributed by atoms with Crippen LogP contribution in [0.5, 0.6) is 5.75 Å². The summed E-state index contributed by atoms with van der Waals surface area (Å²) in [6.07, 6.45) is 3.20. The van der Waals surface area contributed by atoms with Gasteiger partial charge in [-0.3, -0.25) is 4.90 Å². The van der Waals surface area contributed by atoms with Crippen LogP contribution in [0.4, 0.5) is 11.5 Å². The smallest absolute Gasteiger partial charge is 0.144 e. The van der Waals surface area contributed by atoms with Crippen LogP contribution in [0.3, 0.4) is 0 Å². The Bertz CT molecular complexity index is 886.